The molecule has 0 saturated heterocycles. The lowest BCUT2D eigenvalue weighted by Crippen LogP contribution is -2.14. The van der Waals surface area contributed by atoms with Crippen molar-refractivity contribution in [3.05, 3.63) is 51.6 Å². The second-order valence-electron chi connectivity index (χ2n) is 5.80. The molecule has 3 rings (SSSR count). The molecule has 0 atom stereocenters. The average molecular weight is 387 g/mol. The molecule has 0 unspecified atom stereocenters. The SMILES string of the molecule is COc1ccc(CC(=O)Nc2nc3c(OC)cc([N+](=O)[O-])cc3s2)cc1C. The maximum atomic E-state index is 12.3. The van der Waals surface area contributed by atoms with Crippen LogP contribution in [0.5, 0.6) is 11.5 Å². The maximum Gasteiger partial charge on any atom is 0.274 e. The lowest BCUT2D eigenvalue weighted by Gasteiger charge is -2.07. The van der Waals surface area contributed by atoms with Gasteiger partial charge in [0.25, 0.3) is 5.69 Å². The molecule has 1 heterocycles. The topological polar surface area (TPSA) is 104 Å². The summed E-state index contributed by atoms with van der Waals surface area (Å²) in [5.41, 5.74) is 2.18. The summed E-state index contributed by atoms with van der Waals surface area (Å²) >= 11 is 1.16. The number of hydrogen-bond donors (Lipinski definition) is 1. The highest BCUT2D eigenvalue weighted by molar-refractivity contribution is 7.22. The molecule has 140 valence electrons. The lowest BCUT2D eigenvalue weighted by molar-refractivity contribution is -0.384. The summed E-state index contributed by atoms with van der Waals surface area (Å²) in [5, 5.41) is 14.1. The molecular formula is C18H17N3O5S. The second-order valence-corrected chi connectivity index (χ2v) is 6.83. The number of hydrogen-bond acceptors (Lipinski definition) is 7. The van der Waals surface area contributed by atoms with E-state index in [0.717, 1.165) is 28.2 Å². The van der Waals surface area contributed by atoms with Crippen molar-refractivity contribution >= 4 is 38.3 Å². The van der Waals surface area contributed by atoms with Gasteiger partial charge in [0, 0.05) is 6.07 Å². The molecular weight excluding hydrogens is 370 g/mol. The van der Waals surface area contributed by atoms with Crippen molar-refractivity contribution in [2.24, 2.45) is 0 Å². The van der Waals surface area contributed by atoms with E-state index in [1.807, 2.05) is 25.1 Å². The van der Waals surface area contributed by atoms with Gasteiger partial charge in [0.15, 0.2) is 10.9 Å². The van der Waals surface area contributed by atoms with Gasteiger partial charge in [0.05, 0.1) is 36.3 Å². The third kappa shape index (κ3) is 3.98. The Morgan fingerprint density at radius 3 is 2.59 bits per heavy atom. The highest BCUT2D eigenvalue weighted by atomic mass is 32.1. The maximum absolute atomic E-state index is 12.3. The second kappa shape index (κ2) is 7.58. The zero-order valence-electron chi connectivity index (χ0n) is 14.9. The number of aromatic nitrogens is 1. The van der Waals surface area contributed by atoms with E-state index >= 15 is 0 Å². The number of anilines is 1. The van der Waals surface area contributed by atoms with Gasteiger partial charge in [0.2, 0.25) is 5.91 Å². The predicted molar refractivity (Wildman–Crippen MR) is 103 cm³/mol. The Balaban J connectivity index is 1.80. The third-order valence-corrected chi connectivity index (χ3v) is 4.86. The molecule has 0 aliphatic rings. The third-order valence-electron chi connectivity index (χ3n) is 3.95. The van der Waals surface area contributed by atoms with Crippen LogP contribution < -0.4 is 14.8 Å². The monoisotopic (exact) mass is 387 g/mol. The first-order valence-electron chi connectivity index (χ1n) is 7.97. The predicted octanol–water partition coefficient (Wildman–Crippen LogP) is 3.71. The fraction of sp³-hybridized carbons (Fsp3) is 0.222. The Hall–Kier alpha value is -3.20. The van der Waals surface area contributed by atoms with E-state index in [9.17, 15) is 14.9 Å². The van der Waals surface area contributed by atoms with Crippen molar-refractivity contribution in [1.29, 1.82) is 0 Å². The number of ether oxygens (including phenoxy) is 2. The smallest absolute Gasteiger partial charge is 0.274 e. The first kappa shape index (κ1) is 18.6. The molecule has 1 amide bonds. The summed E-state index contributed by atoms with van der Waals surface area (Å²) in [7, 11) is 3.02. The van der Waals surface area contributed by atoms with Crippen LogP contribution in [-0.2, 0) is 11.2 Å². The van der Waals surface area contributed by atoms with Crippen LogP contribution in [0, 0.1) is 17.0 Å². The first-order valence-corrected chi connectivity index (χ1v) is 8.79. The average Bonchev–Trinajstić information content (AvgIpc) is 3.02. The number of fused-ring (bicyclic) bond motifs is 1. The van der Waals surface area contributed by atoms with Crippen molar-refractivity contribution < 1.29 is 19.2 Å². The molecule has 3 aromatic rings. The Morgan fingerprint density at radius 2 is 1.96 bits per heavy atom. The zero-order chi connectivity index (χ0) is 19.6. The molecule has 0 saturated carbocycles. The van der Waals surface area contributed by atoms with Crippen molar-refractivity contribution in [2.45, 2.75) is 13.3 Å². The Bertz CT molecular complexity index is 1030. The summed E-state index contributed by atoms with van der Waals surface area (Å²) in [6, 6.07) is 8.27. The van der Waals surface area contributed by atoms with Crippen LogP contribution in [0.2, 0.25) is 0 Å². The number of benzene rings is 2. The van der Waals surface area contributed by atoms with Crippen LogP contribution in [0.15, 0.2) is 30.3 Å². The number of non-ortho nitro benzene ring substituents is 1. The molecule has 0 bridgehead atoms. The molecule has 9 heteroatoms. The van der Waals surface area contributed by atoms with Gasteiger partial charge < -0.3 is 14.8 Å². The van der Waals surface area contributed by atoms with Crippen LogP contribution >= 0.6 is 11.3 Å². The number of amides is 1. The Kier molecular flexibility index (Phi) is 5.22. The molecule has 0 aliphatic carbocycles. The fourth-order valence-corrected chi connectivity index (χ4v) is 3.63. The van der Waals surface area contributed by atoms with Gasteiger partial charge >= 0.3 is 0 Å². The highest BCUT2D eigenvalue weighted by Gasteiger charge is 2.17. The van der Waals surface area contributed by atoms with E-state index in [2.05, 4.69) is 10.3 Å². The van der Waals surface area contributed by atoms with Crippen LogP contribution in [0.4, 0.5) is 10.8 Å². The van der Waals surface area contributed by atoms with Crippen molar-refractivity contribution in [3.8, 4) is 11.5 Å². The standard InChI is InChI=1S/C18H17N3O5S/c1-10-6-11(4-5-13(10)25-2)7-16(22)19-18-20-17-14(26-3)8-12(21(23)24)9-15(17)27-18/h4-6,8-9H,7H2,1-3H3,(H,19,20,22). The van der Waals surface area contributed by atoms with Gasteiger partial charge in [-0.1, -0.05) is 23.5 Å². The number of nitro groups is 1. The molecule has 0 spiro atoms. The minimum atomic E-state index is -0.494. The van der Waals surface area contributed by atoms with Crippen LogP contribution in [-0.4, -0.2) is 30.0 Å². The van der Waals surface area contributed by atoms with Gasteiger partial charge in [-0.3, -0.25) is 14.9 Å². The highest BCUT2D eigenvalue weighted by Crippen LogP contribution is 2.36. The van der Waals surface area contributed by atoms with E-state index < -0.39 is 4.92 Å². The number of carbonyl (C=O) groups excluding carboxylic acids is 1. The van der Waals surface area contributed by atoms with Gasteiger partial charge in [-0.2, -0.15) is 0 Å². The number of thiazole rings is 1. The number of rotatable bonds is 6. The quantitative estimate of drug-likeness (QED) is 0.511. The van der Waals surface area contributed by atoms with Gasteiger partial charge in [0.1, 0.15) is 11.3 Å². The largest absolute Gasteiger partial charge is 0.496 e. The van der Waals surface area contributed by atoms with Crippen molar-refractivity contribution in [3.63, 3.8) is 0 Å². The molecule has 0 radical (unpaired) electrons. The van der Waals surface area contributed by atoms with Crippen LogP contribution in [0.1, 0.15) is 11.1 Å². The van der Waals surface area contributed by atoms with E-state index in [1.165, 1.54) is 19.2 Å². The summed E-state index contributed by atoms with van der Waals surface area (Å²) < 4.78 is 11.0. The number of nitrogens with zero attached hydrogens (tertiary/aromatic N) is 2. The number of aryl methyl sites for hydroxylation is 1. The van der Waals surface area contributed by atoms with Gasteiger partial charge in [-0.25, -0.2) is 4.98 Å². The number of nitrogens with one attached hydrogen (secondary N) is 1. The van der Waals surface area contributed by atoms with E-state index in [-0.39, 0.29) is 18.0 Å². The van der Waals surface area contributed by atoms with E-state index in [1.54, 1.807) is 7.11 Å². The molecule has 0 aliphatic heterocycles. The fourth-order valence-electron chi connectivity index (χ4n) is 2.70. The van der Waals surface area contributed by atoms with E-state index in [4.69, 9.17) is 9.47 Å². The van der Waals surface area contributed by atoms with Crippen LogP contribution in [0.25, 0.3) is 10.2 Å². The first-order chi connectivity index (χ1) is 12.9. The molecule has 0 fully saturated rings. The van der Waals surface area contributed by atoms with E-state index in [0.29, 0.717) is 21.1 Å². The van der Waals surface area contributed by atoms with Crippen molar-refractivity contribution in [1.82, 2.24) is 4.98 Å². The zero-order valence-corrected chi connectivity index (χ0v) is 15.8. The van der Waals surface area contributed by atoms with Gasteiger partial charge in [-0.05, 0) is 24.1 Å². The molecule has 27 heavy (non-hydrogen) atoms. The van der Waals surface area contributed by atoms with Gasteiger partial charge in [-0.15, -0.1) is 0 Å². The minimum absolute atomic E-state index is 0.0883. The summed E-state index contributed by atoms with van der Waals surface area (Å²) in [4.78, 5) is 27.2. The summed E-state index contributed by atoms with van der Waals surface area (Å²) in [6.45, 7) is 1.91. The Labute approximate surface area is 158 Å². The Morgan fingerprint density at radius 1 is 1.22 bits per heavy atom. The molecule has 1 N–H and O–H groups in total. The number of nitro benzene ring substituents is 1. The van der Waals surface area contributed by atoms with Crippen molar-refractivity contribution in [2.75, 3.05) is 19.5 Å². The summed E-state index contributed by atoms with van der Waals surface area (Å²) in [6.07, 6.45) is 0.179. The molecule has 8 nitrogen and oxygen atoms in total. The normalized spacial score (nSPS) is 10.6. The summed E-state index contributed by atoms with van der Waals surface area (Å²) in [5.74, 6) is 0.827. The minimum Gasteiger partial charge on any atom is -0.496 e. The number of carbonyl (C=O) groups is 1. The molecule has 1 aromatic heterocycles. The molecule has 2 aromatic carbocycles. The number of methoxy groups -OCH3 is 2. The lowest BCUT2D eigenvalue weighted by atomic mass is 10.1. The van der Waals surface area contributed by atoms with Crippen LogP contribution in [0.3, 0.4) is 0 Å².